The predicted octanol–water partition coefficient (Wildman–Crippen LogP) is 3.14. The van der Waals surface area contributed by atoms with Crippen molar-refractivity contribution in [2.45, 2.75) is 30.7 Å². The number of nitrogens with zero attached hydrogens (tertiary/aromatic N) is 1. The Bertz CT molecular complexity index is 417. The van der Waals surface area contributed by atoms with E-state index in [1.54, 1.807) is 11.8 Å². The molecule has 1 unspecified atom stereocenters. The maximum absolute atomic E-state index is 11.8. The lowest BCUT2D eigenvalue weighted by atomic mass is 9.87. The molecule has 0 saturated heterocycles. The summed E-state index contributed by atoms with van der Waals surface area (Å²) in [5.74, 6) is -0.160. The molecule has 3 nitrogen and oxygen atoms in total. The molecule has 1 rings (SSSR count). The minimum atomic E-state index is -0.344. The SMILES string of the molecule is CCOC(=O)CC(C)(c1ccc(SC)cc1)N(C)C. The second-order valence-corrected chi connectivity index (χ2v) is 5.76. The summed E-state index contributed by atoms with van der Waals surface area (Å²) in [6.07, 6.45) is 2.41. The summed E-state index contributed by atoms with van der Waals surface area (Å²) in [7, 11) is 3.98. The fourth-order valence-corrected chi connectivity index (χ4v) is 2.37. The molecule has 0 saturated carbocycles. The molecule has 0 aliphatic carbocycles. The maximum atomic E-state index is 11.8. The van der Waals surface area contributed by atoms with E-state index in [1.165, 1.54) is 4.90 Å². The van der Waals surface area contributed by atoms with Crippen molar-refractivity contribution < 1.29 is 9.53 Å². The van der Waals surface area contributed by atoms with Gasteiger partial charge < -0.3 is 4.74 Å². The van der Waals surface area contributed by atoms with E-state index in [1.807, 2.05) is 21.0 Å². The van der Waals surface area contributed by atoms with Gasteiger partial charge in [0.1, 0.15) is 0 Å². The molecule has 0 aromatic heterocycles. The summed E-state index contributed by atoms with van der Waals surface area (Å²) < 4.78 is 5.08. The highest BCUT2D eigenvalue weighted by atomic mass is 32.2. The zero-order chi connectivity index (χ0) is 14.5. The Morgan fingerprint density at radius 3 is 2.32 bits per heavy atom. The summed E-state index contributed by atoms with van der Waals surface area (Å²) in [4.78, 5) is 15.1. The fraction of sp³-hybridized carbons (Fsp3) is 0.533. The first-order valence-electron chi connectivity index (χ1n) is 6.41. The van der Waals surface area contributed by atoms with Crippen molar-refractivity contribution in [1.82, 2.24) is 4.90 Å². The third-order valence-corrected chi connectivity index (χ3v) is 4.24. The Hall–Kier alpha value is -1.00. The van der Waals surface area contributed by atoms with Gasteiger partial charge in [0.15, 0.2) is 0 Å². The molecule has 0 aliphatic rings. The Morgan fingerprint density at radius 1 is 1.32 bits per heavy atom. The molecule has 0 bridgehead atoms. The van der Waals surface area contributed by atoms with Gasteiger partial charge in [0.2, 0.25) is 0 Å². The first kappa shape index (κ1) is 16.1. The van der Waals surface area contributed by atoms with Crippen LogP contribution in [0.25, 0.3) is 0 Å². The largest absolute Gasteiger partial charge is 0.466 e. The molecule has 1 aromatic carbocycles. The fourth-order valence-electron chi connectivity index (χ4n) is 1.96. The molecule has 1 aromatic rings. The molecule has 106 valence electrons. The van der Waals surface area contributed by atoms with Crippen LogP contribution < -0.4 is 0 Å². The van der Waals surface area contributed by atoms with Crippen LogP contribution >= 0.6 is 11.8 Å². The van der Waals surface area contributed by atoms with Gasteiger partial charge >= 0.3 is 5.97 Å². The van der Waals surface area contributed by atoms with Crippen LogP contribution in [0.1, 0.15) is 25.8 Å². The average molecular weight is 281 g/mol. The van der Waals surface area contributed by atoms with Crippen molar-refractivity contribution in [3.63, 3.8) is 0 Å². The van der Waals surface area contributed by atoms with Gasteiger partial charge in [-0.15, -0.1) is 11.8 Å². The van der Waals surface area contributed by atoms with Crippen LogP contribution in [-0.2, 0) is 15.1 Å². The van der Waals surface area contributed by atoms with Crippen molar-refractivity contribution in [3.8, 4) is 0 Å². The Balaban J connectivity index is 3.00. The summed E-state index contributed by atoms with van der Waals surface area (Å²) in [5.41, 5.74) is 0.784. The Labute approximate surface area is 120 Å². The standard InChI is InChI=1S/C15H23NO2S/c1-6-18-14(17)11-15(2,16(3)4)12-7-9-13(19-5)10-8-12/h7-10H,6,11H2,1-5H3. The highest BCUT2D eigenvalue weighted by Gasteiger charge is 2.32. The third-order valence-electron chi connectivity index (χ3n) is 3.49. The van der Waals surface area contributed by atoms with Gasteiger partial charge in [0.25, 0.3) is 0 Å². The van der Waals surface area contributed by atoms with Crippen LogP contribution in [0.2, 0.25) is 0 Å². The number of ether oxygens (including phenoxy) is 1. The minimum Gasteiger partial charge on any atom is -0.466 e. The van der Waals surface area contributed by atoms with E-state index in [9.17, 15) is 4.79 Å². The normalized spacial score (nSPS) is 14.2. The molecule has 0 fully saturated rings. The van der Waals surface area contributed by atoms with E-state index in [2.05, 4.69) is 42.3 Å². The summed E-state index contributed by atoms with van der Waals surface area (Å²) in [6, 6.07) is 8.36. The topological polar surface area (TPSA) is 29.5 Å². The minimum absolute atomic E-state index is 0.160. The van der Waals surface area contributed by atoms with Gasteiger partial charge in [-0.2, -0.15) is 0 Å². The summed E-state index contributed by atoms with van der Waals surface area (Å²) >= 11 is 1.71. The van der Waals surface area contributed by atoms with Crippen molar-refractivity contribution >= 4 is 17.7 Å². The monoisotopic (exact) mass is 281 g/mol. The number of hydrogen-bond donors (Lipinski definition) is 0. The van der Waals surface area contributed by atoms with Crippen LogP contribution in [0, 0.1) is 0 Å². The van der Waals surface area contributed by atoms with E-state index in [0.29, 0.717) is 13.0 Å². The van der Waals surface area contributed by atoms with Crippen LogP contribution in [0.5, 0.6) is 0 Å². The molecule has 0 heterocycles. The number of hydrogen-bond acceptors (Lipinski definition) is 4. The predicted molar refractivity (Wildman–Crippen MR) is 80.5 cm³/mol. The van der Waals surface area contributed by atoms with E-state index in [-0.39, 0.29) is 11.5 Å². The number of carbonyl (C=O) groups is 1. The lowest BCUT2D eigenvalue weighted by Gasteiger charge is -2.36. The van der Waals surface area contributed by atoms with Gasteiger partial charge in [-0.3, -0.25) is 9.69 Å². The third kappa shape index (κ3) is 3.98. The molecule has 19 heavy (non-hydrogen) atoms. The molecule has 1 atom stereocenters. The zero-order valence-corrected chi connectivity index (χ0v) is 13.2. The first-order valence-corrected chi connectivity index (χ1v) is 7.64. The van der Waals surface area contributed by atoms with Crippen LogP contribution in [0.4, 0.5) is 0 Å². The quantitative estimate of drug-likeness (QED) is 0.592. The second-order valence-electron chi connectivity index (χ2n) is 4.88. The zero-order valence-electron chi connectivity index (χ0n) is 12.4. The van der Waals surface area contributed by atoms with E-state index in [4.69, 9.17) is 4.74 Å². The summed E-state index contributed by atoms with van der Waals surface area (Å²) in [5, 5.41) is 0. The van der Waals surface area contributed by atoms with Crippen molar-refractivity contribution in [1.29, 1.82) is 0 Å². The molecule has 0 aliphatic heterocycles. The highest BCUT2D eigenvalue weighted by molar-refractivity contribution is 7.98. The molecule has 4 heteroatoms. The smallest absolute Gasteiger partial charge is 0.307 e. The van der Waals surface area contributed by atoms with Crippen molar-refractivity contribution in [3.05, 3.63) is 29.8 Å². The highest BCUT2D eigenvalue weighted by Crippen LogP contribution is 2.31. The summed E-state index contributed by atoms with van der Waals surface area (Å²) in [6.45, 7) is 4.32. The number of esters is 1. The number of rotatable bonds is 6. The van der Waals surface area contributed by atoms with Gasteiger partial charge in [-0.05, 0) is 51.9 Å². The van der Waals surface area contributed by atoms with Gasteiger partial charge in [-0.25, -0.2) is 0 Å². The maximum Gasteiger partial charge on any atom is 0.307 e. The van der Waals surface area contributed by atoms with Gasteiger partial charge in [0.05, 0.1) is 18.6 Å². The Morgan fingerprint density at radius 2 is 1.89 bits per heavy atom. The van der Waals surface area contributed by atoms with Crippen LogP contribution in [0.3, 0.4) is 0 Å². The van der Waals surface area contributed by atoms with Crippen molar-refractivity contribution in [2.75, 3.05) is 27.0 Å². The number of carbonyl (C=O) groups excluding carboxylic acids is 1. The van der Waals surface area contributed by atoms with Gasteiger partial charge in [0, 0.05) is 4.90 Å². The van der Waals surface area contributed by atoms with E-state index >= 15 is 0 Å². The van der Waals surface area contributed by atoms with E-state index < -0.39 is 0 Å². The molecular formula is C15H23NO2S. The molecule has 0 N–H and O–H groups in total. The van der Waals surface area contributed by atoms with E-state index in [0.717, 1.165) is 5.56 Å². The van der Waals surface area contributed by atoms with Crippen molar-refractivity contribution in [2.24, 2.45) is 0 Å². The lowest BCUT2D eigenvalue weighted by Crippen LogP contribution is -2.40. The van der Waals surface area contributed by atoms with Gasteiger partial charge in [-0.1, -0.05) is 12.1 Å². The van der Waals surface area contributed by atoms with Crippen LogP contribution in [0.15, 0.2) is 29.2 Å². The van der Waals surface area contributed by atoms with Crippen LogP contribution in [-0.4, -0.2) is 37.8 Å². The molecular weight excluding hydrogens is 258 g/mol. The first-order chi connectivity index (χ1) is 8.93. The molecule has 0 amide bonds. The number of benzene rings is 1. The molecule has 0 radical (unpaired) electrons. The second kappa shape index (κ2) is 6.96. The number of thioether (sulfide) groups is 1. The molecule has 0 spiro atoms. The average Bonchev–Trinajstić information content (AvgIpc) is 2.38. The Kier molecular flexibility index (Phi) is 5.88. The lowest BCUT2D eigenvalue weighted by molar-refractivity contribution is -0.146.